The molecule has 1 saturated carbocycles. The van der Waals surface area contributed by atoms with Crippen molar-refractivity contribution in [2.45, 2.75) is 58.9 Å². The number of ether oxygens (including phenoxy) is 1. The van der Waals surface area contributed by atoms with Crippen LogP contribution in [-0.2, 0) is 4.79 Å². The van der Waals surface area contributed by atoms with E-state index in [2.05, 4.69) is 5.10 Å². The predicted octanol–water partition coefficient (Wildman–Crippen LogP) is 4.29. The molecule has 0 saturated heterocycles. The highest BCUT2D eigenvalue weighted by Crippen LogP contribution is 2.51. The van der Waals surface area contributed by atoms with Crippen LogP contribution in [0.3, 0.4) is 0 Å². The number of hydrogen-bond donors (Lipinski definition) is 1. The number of amides is 1. The van der Waals surface area contributed by atoms with Crippen molar-refractivity contribution in [2.75, 3.05) is 6.61 Å². The number of fused-ring (bicyclic) bond motifs is 1. The molecular formula is C21H27F3N2O3. The van der Waals surface area contributed by atoms with E-state index in [1.165, 1.54) is 0 Å². The van der Waals surface area contributed by atoms with Gasteiger partial charge in [0, 0.05) is 5.71 Å². The van der Waals surface area contributed by atoms with Gasteiger partial charge in [0.25, 0.3) is 11.6 Å². The van der Waals surface area contributed by atoms with Crippen LogP contribution in [0.15, 0.2) is 29.4 Å². The molecule has 1 fully saturated rings. The van der Waals surface area contributed by atoms with Crippen LogP contribution >= 0.6 is 0 Å². The number of nitrogens with zero attached hydrogens (tertiary/aromatic N) is 2. The van der Waals surface area contributed by atoms with Crippen molar-refractivity contribution < 1.29 is 27.8 Å². The molecule has 1 amide bonds. The Morgan fingerprint density at radius 2 is 1.97 bits per heavy atom. The Labute approximate surface area is 168 Å². The second-order valence-electron chi connectivity index (χ2n) is 8.96. The summed E-state index contributed by atoms with van der Waals surface area (Å²) in [5.74, 6) is -1.91. The molecule has 29 heavy (non-hydrogen) atoms. The third-order valence-corrected chi connectivity index (χ3v) is 6.03. The van der Waals surface area contributed by atoms with E-state index in [-0.39, 0.29) is 28.5 Å². The minimum atomic E-state index is -5.04. The molecule has 1 aliphatic heterocycles. The van der Waals surface area contributed by atoms with Gasteiger partial charge in [-0.2, -0.15) is 23.3 Å². The van der Waals surface area contributed by atoms with Crippen LogP contribution < -0.4 is 4.74 Å². The number of para-hydroxylation sites is 1. The topological polar surface area (TPSA) is 62.1 Å². The fourth-order valence-electron chi connectivity index (χ4n) is 4.17. The molecule has 0 aromatic heterocycles. The summed E-state index contributed by atoms with van der Waals surface area (Å²) < 4.78 is 47.5. The highest BCUT2D eigenvalue weighted by Gasteiger charge is 2.69. The van der Waals surface area contributed by atoms with Crippen LogP contribution in [-0.4, -0.2) is 40.2 Å². The Morgan fingerprint density at radius 1 is 1.31 bits per heavy atom. The Hall–Kier alpha value is -2.09. The van der Waals surface area contributed by atoms with Crippen LogP contribution in [0.5, 0.6) is 5.75 Å². The van der Waals surface area contributed by atoms with Gasteiger partial charge in [-0.25, -0.2) is 0 Å². The van der Waals surface area contributed by atoms with Crippen LogP contribution in [0.25, 0.3) is 0 Å². The third kappa shape index (κ3) is 3.86. The fraction of sp³-hybridized carbons (Fsp3) is 0.619. The fourth-order valence-corrected chi connectivity index (χ4v) is 4.17. The quantitative estimate of drug-likeness (QED) is 0.806. The molecule has 5 nitrogen and oxygen atoms in total. The zero-order valence-corrected chi connectivity index (χ0v) is 17.1. The second kappa shape index (κ2) is 7.31. The molecule has 0 radical (unpaired) electrons. The summed E-state index contributed by atoms with van der Waals surface area (Å²) in [6.45, 7) is 7.04. The van der Waals surface area contributed by atoms with E-state index in [0.29, 0.717) is 18.6 Å². The van der Waals surface area contributed by atoms with Gasteiger partial charge in [0.2, 0.25) is 0 Å². The van der Waals surface area contributed by atoms with Crippen LogP contribution in [0.2, 0.25) is 0 Å². The molecule has 1 aromatic rings. The van der Waals surface area contributed by atoms with E-state index in [1.54, 1.807) is 31.2 Å². The average Bonchev–Trinajstić information content (AvgIpc) is 2.94. The Balaban J connectivity index is 1.85. The number of carbonyl (C=O) groups excluding carboxylic acids is 1. The first kappa shape index (κ1) is 21.6. The molecule has 3 rings (SSSR count). The summed E-state index contributed by atoms with van der Waals surface area (Å²) in [6, 6.07) is 6.89. The van der Waals surface area contributed by atoms with Crippen molar-refractivity contribution in [3.63, 3.8) is 0 Å². The third-order valence-electron chi connectivity index (χ3n) is 6.03. The van der Waals surface area contributed by atoms with Gasteiger partial charge in [-0.3, -0.25) is 4.79 Å². The number of hydrogen-bond acceptors (Lipinski definition) is 4. The van der Waals surface area contributed by atoms with Gasteiger partial charge >= 0.3 is 6.18 Å². The number of halogens is 3. The van der Waals surface area contributed by atoms with Gasteiger partial charge < -0.3 is 9.84 Å². The zero-order valence-electron chi connectivity index (χ0n) is 17.1. The molecule has 8 heteroatoms. The second-order valence-corrected chi connectivity index (χ2v) is 8.96. The number of alkyl halides is 3. The van der Waals surface area contributed by atoms with Gasteiger partial charge in [0.1, 0.15) is 5.75 Å². The smallest absolute Gasteiger partial charge is 0.439 e. The maximum atomic E-state index is 14.0. The standard InChI is InChI=1S/C21H27F3N2O3/c1-13-7-5-6-8-17(13)29-12-18(27)26-20(28,21(22,23)24)15-11-14(19(2,3)4)9-10-16(15)25-26/h5-8,14-15,28H,9-12H2,1-4H3/t14-,15-,20+/m0/s1. The molecule has 0 bridgehead atoms. The van der Waals surface area contributed by atoms with Crippen molar-refractivity contribution >= 4 is 11.6 Å². The largest absolute Gasteiger partial charge is 0.483 e. The molecule has 1 heterocycles. The highest BCUT2D eigenvalue weighted by molar-refractivity contribution is 5.93. The van der Waals surface area contributed by atoms with E-state index >= 15 is 0 Å². The summed E-state index contributed by atoms with van der Waals surface area (Å²) >= 11 is 0. The monoisotopic (exact) mass is 412 g/mol. The molecular weight excluding hydrogens is 385 g/mol. The number of rotatable bonds is 3. The number of carbonyl (C=O) groups is 1. The van der Waals surface area contributed by atoms with E-state index in [0.717, 1.165) is 5.56 Å². The number of hydrazone groups is 1. The summed E-state index contributed by atoms with van der Waals surface area (Å²) in [5, 5.41) is 14.9. The Kier molecular flexibility index (Phi) is 5.45. The first-order valence-electron chi connectivity index (χ1n) is 9.73. The van der Waals surface area contributed by atoms with Crippen LogP contribution in [0, 0.1) is 24.2 Å². The molecule has 2 aliphatic rings. The number of aryl methyl sites for hydroxylation is 1. The van der Waals surface area contributed by atoms with Gasteiger partial charge in [-0.05, 0) is 49.1 Å². The first-order valence-corrected chi connectivity index (χ1v) is 9.73. The maximum absolute atomic E-state index is 14.0. The molecule has 0 unspecified atom stereocenters. The highest BCUT2D eigenvalue weighted by atomic mass is 19.4. The summed E-state index contributed by atoms with van der Waals surface area (Å²) in [4.78, 5) is 12.6. The van der Waals surface area contributed by atoms with E-state index in [4.69, 9.17) is 4.74 Å². The van der Waals surface area contributed by atoms with Crippen molar-refractivity contribution in [3.05, 3.63) is 29.8 Å². The van der Waals surface area contributed by atoms with Crippen LogP contribution in [0.1, 0.15) is 45.6 Å². The minimum absolute atomic E-state index is 0.0152. The van der Waals surface area contributed by atoms with Gasteiger partial charge in [0.05, 0.1) is 5.92 Å². The summed E-state index contributed by atoms with van der Waals surface area (Å²) in [7, 11) is 0. The SMILES string of the molecule is Cc1ccccc1OCC(=O)N1N=C2CC[C@H](C(C)(C)C)C[C@@H]2[C@@]1(O)C(F)(F)F. The predicted molar refractivity (Wildman–Crippen MR) is 102 cm³/mol. The lowest BCUT2D eigenvalue weighted by atomic mass is 9.66. The van der Waals surface area contributed by atoms with E-state index in [9.17, 15) is 23.1 Å². The summed E-state index contributed by atoms with van der Waals surface area (Å²) in [5.41, 5.74) is -2.57. The molecule has 0 spiro atoms. The van der Waals surface area contributed by atoms with Crippen molar-refractivity contribution in [3.8, 4) is 5.75 Å². The average molecular weight is 412 g/mol. The number of aliphatic hydroxyl groups is 1. The first-order chi connectivity index (χ1) is 13.4. The van der Waals surface area contributed by atoms with Crippen molar-refractivity contribution in [2.24, 2.45) is 22.4 Å². The normalized spacial score (nSPS) is 27.4. The Bertz CT molecular complexity index is 816. The van der Waals surface area contributed by atoms with Crippen LogP contribution in [0.4, 0.5) is 13.2 Å². The van der Waals surface area contributed by atoms with Gasteiger partial charge in [-0.15, -0.1) is 0 Å². The lowest BCUT2D eigenvalue weighted by molar-refractivity contribution is -0.318. The Morgan fingerprint density at radius 3 is 2.55 bits per heavy atom. The van der Waals surface area contributed by atoms with E-state index < -0.39 is 30.3 Å². The molecule has 1 N–H and O–H groups in total. The van der Waals surface area contributed by atoms with Crippen molar-refractivity contribution in [1.82, 2.24) is 5.01 Å². The molecule has 160 valence electrons. The van der Waals surface area contributed by atoms with E-state index in [1.807, 2.05) is 20.8 Å². The number of benzene rings is 1. The molecule has 3 atom stereocenters. The lowest BCUT2D eigenvalue weighted by Gasteiger charge is -2.42. The molecule has 1 aliphatic carbocycles. The molecule has 1 aromatic carbocycles. The maximum Gasteiger partial charge on any atom is 0.439 e. The summed E-state index contributed by atoms with van der Waals surface area (Å²) in [6.07, 6.45) is -3.91. The lowest BCUT2D eigenvalue weighted by Crippen LogP contribution is -2.62. The van der Waals surface area contributed by atoms with Gasteiger partial charge in [-0.1, -0.05) is 39.0 Å². The van der Waals surface area contributed by atoms with Crippen molar-refractivity contribution in [1.29, 1.82) is 0 Å². The van der Waals surface area contributed by atoms with Gasteiger partial charge in [0.15, 0.2) is 6.61 Å². The zero-order chi connectivity index (χ0) is 21.6. The minimum Gasteiger partial charge on any atom is -0.483 e.